The zero-order chi connectivity index (χ0) is 13.0. The van der Waals surface area contributed by atoms with Gasteiger partial charge in [0.15, 0.2) is 5.56 Å². The monoisotopic (exact) mass is 264 g/mol. The fourth-order valence-corrected chi connectivity index (χ4v) is 2.18. The van der Waals surface area contributed by atoms with E-state index >= 15 is 0 Å². The molecule has 2 N–H and O–H groups in total. The van der Waals surface area contributed by atoms with Gasteiger partial charge < -0.3 is 10.1 Å². The number of carbonyl (C=O) groups is 1. The number of ether oxygens (including phenoxy) is 1. The first-order chi connectivity index (χ1) is 8.72. The molecule has 94 valence electrons. The van der Waals surface area contributed by atoms with Crippen LogP contribution in [0.25, 0.3) is 0 Å². The third-order valence-electron chi connectivity index (χ3n) is 2.21. The molecule has 0 spiro atoms. The van der Waals surface area contributed by atoms with E-state index in [9.17, 15) is 9.59 Å². The van der Waals surface area contributed by atoms with Crippen LogP contribution in [-0.4, -0.2) is 16.9 Å². The molecule has 0 radical (unpaired) electrons. The van der Waals surface area contributed by atoms with Gasteiger partial charge in [-0.1, -0.05) is 18.2 Å². The minimum Gasteiger partial charge on any atom is -0.462 e. The molecule has 0 bridgehead atoms. The highest BCUT2D eigenvalue weighted by Crippen LogP contribution is 2.22. The average molecular weight is 264 g/mol. The largest absolute Gasteiger partial charge is 0.462 e. The summed E-state index contributed by atoms with van der Waals surface area (Å²) in [4.78, 5) is 23.2. The fourth-order valence-electron chi connectivity index (χ4n) is 1.43. The van der Waals surface area contributed by atoms with Crippen LogP contribution in [0.4, 0.5) is 10.7 Å². The fraction of sp³-hybridized carbons (Fsp3) is 0.167. The quantitative estimate of drug-likeness (QED) is 0.832. The first-order valence-corrected chi connectivity index (χ1v) is 6.24. The predicted octanol–water partition coefficient (Wildman–Crippen LogP) is 2.36. The van der Waals surface area contributed by atoms with Crippen LogP contribution in [0, 0.1) is 0 Å². The number of aromatic amines is 1. The van der Waals surface area contributed by atoms with E-state index in [0.29, 0.717) is 5.00 Å². The van der Waals surface area contributed by atoms with Crippen molar-refractivity contribution in [2.45, 2.75) is 6.92 Å². The molecule has 5 nitrogen and oxygen atoms in total. The minimum absolute atomic E-state index is 0.0192. The van der Waals surface area contributed by atoms with Gasteiger partial charge in [-0.25, -0.2) is 4.79 Å². The molecule has 2 rings (SSSR count). The Kier molecular flexibility index (Phi) is 3.78. The number of rotatable bonds is 4. The molecular formula is C12H12N2O3S. The van der Waals surface area contributed by atoms with Crippen molar-refractivity contribution in [3.8, 4) is 0 Å². The predicted molar refractivity (Wildman–Crippen MR) is 70.6 cm³/mol. The van der Waals surface area contributed by atoms with Gasteiger partial charge in [0.05, 0.1) is 6.61 Å². The first kappa shape index (κ1) is 12.4. The van der Waals surface area contributed by atoms with E-state index in [1.165, 1.54) is 0 Å². The lowest BCUT2D eigenvalue weighted by Crippen LogP contribution is -2.16. The van der Waals surface area contributed by atoms with Crippen LogP contribution >= 0.6 is 11.5 Å². The van der Waals surface area contributed by atoms with Crippen molar-refractivity contribution in [2.24, 2.45) is 0 Å². The molecule has 0 saturated carbocycles. The first-order valence-electron chi connectivity index (χ1n) is 5.43. The Balaban J connectivity index is 2.29. The zero-order valence-corrected chi connectivity index (χ0v) is 10.5. The standard InChI is InChI=1S/C12H12N2O3S/c1-2-17-12(16)9-10(15)14-18-11(9)13-8-6-4-3-5-7-8/h3-7,13H,2H2,1H3,(H,14,15). The molecule has 0 aliphatic carbocycles. The van der Waals surface area contributed by atoms with Crippen molar-refractivity contribution in [3.05, 3.63) is 46.2 Å². The van der Waals surface area contributed by atoms with Crippen molar-refractivity contribution in [1.82, 2.24) is 4.37 Å². The molecule has 0 unspecified atom stereocenters. The van der Waals surface area contributed by atoms with Crippen LogP contribution in [0.1, 0.15) is 17.3 Å². The number of nitrogens with one attached hydrogen (secondary N) is 2. The SMILES string of the molecule is CCOC(=O)c1c(Nc2ccccc2)s[nH]c1=O. The van der Waals surface area contributed by atoms with E-state index in [-0.39, 0.29) is 12.2 Å². The highest BCUT2D eigenvalue weighted by Gasteiger charge is 2.19. The maximum absolute atomic E-state index is 11.7. The number of para-hydroxylation sites is 1. The van der Waals surface area contributed by atoms with E-state index in [4.69, 9.17) is 4.74 Å². The van der Waals surface area contributed by atoms with Crippen LogP contribution in [0.5, 0.6) is 0 Å². The molecule has 1 aromatic heterocycles. The zero-order valence-electron chi connectivity index (χ0n) is 9.73. The highest BCUT2D eigenvalue weighted by molar-refractivity contribution is 7.10. The molecule has 0 saturated heterocycles. The summed E-state index contributed by atoms with van der Waals surface area (Å²) < 4.78 is 7.37. The van der Waals surface area contributed by atoms with Gasteiger partial charge in [0.25, 0.3) is 5.56 Å². The minimum atomic E-state index is -0.613. The van der Waals surface area contributed by atoms with E-state index < -0.39 is 11.5 Å². The number of H-pyrrole nitrogens is 1. The summed E-state index contributed by atoms with van der Waals surface area (Å²) in [5.74, 6) is -0.613. The second kappa shape index (κ2) is 5.50. The average Bonchev–Trinajstić information content (AvgIpc) is 2.72. The van der Waals surface area contributed by atoms with Crippen molar-refractivity contribution < 1.29 is 9.53 Å². The summed E-state index contributed by atoms with van der Waals surface area (Å²) in [6, 6.07) is 9.30. The number of benzene rings is 1. The lowest BCUT2D eigenvalue weighted by atomic mass is 10.3. The normalized spacial score (nSPS) is 10.1. The molecule has 0 atom stereocenters. The van der Waals surface area contributed by atoms with Gasteiger partial charge in [0.2, 0.25) is 0 Å². The lowest BCUT2D eigenvalue weighted by molar-refractivity contribution is 0.0526. The van der Waals surface area contributed by atoms with E-state index in [1.807, 2.05) is 30.3 Å². The van der Waals surface area contributed by atoms with Crippen LogP contribution < -0.4 is 10.9 Å². The van der Waals surface area contributed by atoms with Crippen LogP contribution in [0.15, 0.2) is 35.1 Å². The van der Waals surface area contributed by atoms with Gasteiger partial charge in [0, 0.05) is 5.69 Å². The Morgan fingerprint density at radius 3 is 2.78 bits per heavy atom. The number of carbonyl (C=O) groups excluding carboxylic acids is 1. The van der Waals surface area contributed by atoms with Crippen LogP contribution in [0.2, 0.25) is 0 Å². The summed E-state index contributed by atoms with van der Waals surface area (Å²) in [6.45, 7) is 1.93. The summed E-state index contributed by atoms with van der Waals surface area (Å²) in [7, 11) is 0. The summed E-state index contributed by atoms with van der Waals surface area (Å²) in [6.07, 6.45) is 0. The van der Waals surface area contributed by atoms with E-state index in [0.717, 1.165) is 17.2 Å². The Hall–Kier alpha value is -2.08. The maximum atomic E-state index is 11.7. The molecular weight excluding hydrogens is 252 g/mol. The molecule has 0 fully saturated rings. The topological polar surface area (TPSA) is 71.2 Å². The van der Waals surface area contributed by atoms with Gasteiger partial charge in [-0.05, 0) is 30.6 Å². The highest BCUT2D eigenvalue weighted by atomic mass is 32.1. The molecule has 1 heterocycles. The van der Waals surface area contributed by atoms with Crippen molar-refractivity contribution in [2.75, 3.05) is 11.9 Å². The summed E-state index contributed by atoms with van der Waals surface area (Å²) >= 11 is 1.08. The molecule has 6 heteroatoms. The molecule has 1 aromatic carbocycles. The van der Waals surface area contributed by atoms with E-state index in [2.05, 4.69) is 9.69 Å². The summed E-state index contributed by atoms with van der Waals surface area (Å²) in [5.41, 5.74) is 0.390. The van der Waals surface area contributed by atoms with Gasteiger partial charge in [-0.15, -0.1) is 0 Å². The number of anilines is 2. The van der Waals surface area contributed by atoms with Gasteiger partial charge in [0.1, 0.15) is 5.00 Å². The summed E-state index contributed by atoms with van der Waals surface area (Å²) in [5, 5.41) is 3.48. The van der Waals surface area contributed by atoms with Crippen molar-refractivity contribution in [3.63, 3.8) is 0 Å². The van der Waals surface area contributed by atoms with E-state index in [1.54, 1.807) is 6.92 Å². The molecule has 0 aliphatic rings. The van der Waals surface area contributed by atoms with Gasteiger partial charge in [-0.2, -0.15) is 0 Å². The van der Waals surface area contributed by atoms with Gasteiger partial charge in [-0.3, -0.25) is 9.17 Å². The third kappa shape index (κ3) is 2.60. The van der Waals surface area contributed by atoms with Crippen LogP contribution in [-0.2, 0) is 4.74 Å². The van der Waals surface area contributed by atoms with Crippen molar-refractivity contribution in [1.29, 1.82) is 0 Å². The third-order valence-corrected chi connectivity index (χ3v) is 3.01. The Bertz CT molecular complexity index is 589. The number of hydrogen-bond donors (Lipinski definition) is 2. The molecule has 2 aromatic rings. The van der Waals surface area contributed by atoms with Crippen LogP contribution in [0.3, 0.4) is 0 Å². The number of hydrogen-bond acceptors (Lipinski definition) is 5. The molecule has 0 amide bonds. The Labute approximate surface area is 108 Å². The lowest BCUT2D eigenvalue weighted by Gasteiger charge is -2.05. The Morgan fingerprint density at radius 2 is 2.11 bits per heavy atom. The second-order valence-corrected chi connectivity index (χ2v) is 4.27. The number of esters is 1. The molecule has 0 aliphatic heterocycles. The van der Waals surface area contributed by atoms with Gasteiger partial charge >= 0.3 is 5.97 Å². The maximum Gasteiger partial charge on any atom is 0.346 e. The smallest absolute Gasteiger partial charge is 0.346 e. The number of aromatic nitrogens is 1. The second-order valence-electron chi connectivity index (χ2n) is 3.45. The molecule has 18 heavy (non-hydrogen) atoms. The Morgan fingerprint density at radius 1 is 1.39 bits per heavy atom. The van der Waals surface area contributed by atoms with Crippen molar-refractivity contribution >= 4 is 28.2 Å².